The van der Waals surface area contributed by atoms with Gasteiger partial charge in [-0.1, -0.05) is 11.6 Å². The van der Waals surface area contributed by atoms with Gasteiger partial charge in [0.15, 0.2) is 0 Å². The smallest absolute Gasteiger partial charge is 0.244 e. The standard InChI is InChI=1S/C19H21ClN4O3S/c1-27-17-5-4-16(20)11-18(17)28(25,26)23-13-14-6-9-24(10-7-14)19-15(12-21)3-2-8-22-19/h2-5,8,11,14,23H,6-7,9-10,13H2,1H3. The molecule has 0 amide bonds. The van der Waals surface area contributed by atoms with Crippen LogP contribution in [0.1, 0.15) is 18.4 Å². The van der Waals surface area contributed by atoms with E-state index in [0.717, 1.165) is 25.9 Å². The van der Waals surface area contributed by atoms with Crippen LogP contribution in [0.5, 0.6) is 5.75 Å². The van der Waals surface area contributed by atoms with Crippen LogP contribution in [0.2, 0.25) is 5.02 Å². The number of rotatable bonds is 6. The van der Waals surface area contributed by atoms with Crippen molar-refractivity contribution in [2.75, 3.05) is 31.6 Å². The highest BCUT2D eigenvalue weighted by Crippen LogP contribution is 2.28. The predicted octanol–water partition coefficient (Wildman–Crippen LogP) is 2.81. The number of hydrogen-bond donors (Lipinski definition) is 1. The summed E-state index contributed by atoms with van der Waals surface area (Å²) in [5.74, 6) is 1.14. The number of nitrogens with zero attached hydrogens (tertiary/aromatic N) is 3. The van der Waals surface area contributed by atoms with E-state index in [4.69, 9.17) is 16.3 Å². The summed E-state index contributed by atoms with van der Waals surface area (Å²) in [4.78, 5) is 6.42. The van der Waals surface area contributed by atoms with Crippen LogP contribution in [0, 0.1) is 17.2 Å². The highest BCUT2D eigenvalue weighted by Gasteiger charge is 2.25. The molecule has 1 fully saturated rings. The lowest BCUT2D eigenvalue weighted by atomic mass is 9.97. The second-order valence-electron chi connectivity index (χ2n) is 6.56. The van der Waals surface area contributed by atoms with Crippen molar-refractivity contribution in [3.05, 3.63) is 47.1 Å². The Bertz CT molecular complexity index is 983. The fourth-order valence-corrected chi connectivity index (χ4v) is 4.80. The van der Waals surface area contributed by atoms with Crippen molar-refractivity contribution in [2.24, 2.45) is 5.92 Å². The van der Waals surface area contributed by atoms with E-state index in [1.54, 1.807) is 24.4 Å². The number of aromatic nitrogens is 1. The normalized spacial score (nSPS) is 15.2. The molecule has 1 aromatic heterocycles. The molecule has 2 heterocycles. The Morgan fingerprint density at radius 3 is 2.79 bits per heavy atom. The molecule has 0 radical (unpaired) electrons. The largest absolute Gasteiger partial charge is 0.495 e. The number of sulfonamides is 1. The Kier molecular flexibility index (Phi) is 6.39. The number of methoxy groups -OCH3 is 1. The summed E-state index contributed by atoms with van der Waals surface area (Å²) in [7, 11) is -2.31. The molecule has 28 heavy (non-hydrogen) atoms. The number of pyridine rings is 1. The minimum Gasteiger partial charge on any atom is -0.495 e. The number of piperidine rings is 1. The molecule has 148 valence electrons. The van der Waals surface area contributed by atoms with Crippen LogP contribution in [0.4, 0.5) is 5.82 Å². The summed E-state index contributed by atoms with van der Waals surface area (Å²) in [6.07, 6.45) is 3.28. The predicted molar refractivity (Wildman–Crippen MR) is 107 cm³/mol. The zero-order chi connectivity index (χ0) is 20.1. The molecule has 0 spiro atoms. The number of nitrogens with one attached hydrogen (secondary N) is 1. The van der Waals surface area contributed by atoms with Crippen molar-refractivity contribution in [3.8, 4) is 11.8 Å². The Balaban J connectivity index is 1.61. The molecule has 3 rings (SSSR count). The molecule has 1 aliphatic rings. The van der Waals surface area contributed by atoms with Gasteiger partial charge in [0.1, 0.15) is 22.5 Å². The van der Waals surface area contributed by atoms with Gasteiger partial charge in [-0.3, -0.25) is 0 Å². The van der Waals surface area contributed by atoms with Crippen LogP contribution in [-0.2, 0) is 10.0 Å². The lowest BCUT2D eigenvalue weighted by Crippen LogP contribution is -2.39. The van der Waals surface area contributed by atoms with Gasteiger partial charge in [0.25, 0.3) is 0 Å². The number of ether oxygens (including phenoxy) is 1. The molecule has 0 unspecified atom stereocenters. The molecule has 9 heteroatoms. The lowest BCUT2D eigenvalue weighted by Gasteiger charge is -2.33. The Hall–Kier alpha value is -2.34. The fourth-order valence-electron chi connectivity index (χ4n) is 3.25. The monoisotopic (exact) mass is 420 g/mol. The molecule has 0 saturated carbocycles. The zero-order valence-electron chi connectivity index (χ0n) is 15.4. The summed E-state index contributed by atoms with van der Waals surface area (Å²) in [5, 5.41) is 9.56. The maximum Gasteiger partial charge on any atom is 0.244 e. The van der Waals surface area contributed by atoms with Crippen LogP contribution in [0.3, 0.4) is 0 Å². The van der Waals surface area contributed by atoms with Crippen molar-refractivity contribution in [3.63, 3.8) is 0 Å². The first-order valence-corrected chi connectivity index (χ1v) is 10.7. The van der Waals surface area contributed by atoms with E-state index in [0.29, 0.717) is 22.9 Å². The molecule has 0 aliphatic carbocycles. The average molecular weight is 421 g/mol. The van der Waals surface area contributed by atoms with E-state index in [2.05, 4.69) is 20.7 Å². The zero-order valence-corrected chi connectivity index (χ0v) is 17.0. The lowest BCUT2D eigenvalue weighted by molar-refractivity contribution is 0.395. The summed E-state index contributed by atoms with van der Waals surface area (Å²) in [6.45, 7) is 1.77. The van der Waals surface area contributed by atoms with Gasteiger partial charge in [-0.05, 0) is 49.1 Å². The van der Waals surface area contributed by atoms with Gasteiger partial charge in [-0.15, -0.1) is 0 Å². The minimum atomic E-state index is -3.73. The van der Waals surface area contributed by atoms with Gasteiger partial charge in [0.2, 0.25) is 10.0 Å². The van der Waals surface area contributed by atoms with Crippen molar-refractivity contribution < 1.29 is 13.2 Å². The van der Waals surface area contributed by atoms with Crippen molar-refractivity contribution >= 4 is 27.4 Å². The topological polar surface area (TPSA) is 95.3 Å². The SMILES string of the molecule is COc1ccc(Cl)cc1S(=O)(=O)NCC1CCN(c2ncccc2C#N)CC1. The van der Waals surface area contributed by atoms with Gasteiger partial charge in [0, 0.05) is 30.9 Å². The Morgan fingerprint density at radius 2 is 2.11 bits per heavy atom. The number of benzene rings is 1. The number of nitriles is 1. The Morgan fingerprint density at radius 1 is 1.36 bits per heavy atom. The first-order valence-electron chi connectivity index (χ1n) is 8.88. The molecule has 1 saturated heterocycles. The van der Waals surface area contributed by atoms with E-state index >= 15 is 0 Å². The third-order valence-electron chi connectivity index (χ3n) is 4.80. The van der Waals surface area contributed by atoms with Gasteiger partial charge in [-0.2, -0.15) is 5.26 Å². The fraction of sp³-hybridized carbons (Fsp3) is 0.368. The summed E-state index contributed by atoms with van der Waals surface area (Å²) >= 11 is 5.95. The van der Waals surface area contributed by atoms with Crippen molar-refractivity contribution in [1.29, 1.82) is 5.26 Å². The van der Waals surface area contributed by atoms with Crippen molar-refractivity contribution in [2.45, 2.75) is 17.7 Å². The van der Waals surface area contributed by atoms with Gasteiger partial charge >= 0.3 is 0 Å². The van der Waals surface area contributed by atoms with Crippen LogP contribution in [0.25, 0.3) is 0 Å². The molecule has 1 aliphatic heterocycles. The highest BCUT2D eigenvalue weighted by atomic mass is 35.5. The molecule has 1 aromatic carbocycles. The maximum atomic E-state index is 12.7. The van der Waals surface area contributed by atoms with Crippen LogP contribution >= 0.6 is 11.6 Å². The molecule has 0 bridgehead atoms. The molecule has 1 N–H and O–H groups in total. The van der Waals surface area contributed by atoms with Crippen LogP contribution < -0.4 is 14.4 Å². The van der Waals surface area contributed by atoms with Crippen LogP contribution in [-0.4, -0.2) is 40.1 Å². The molecule has 2 aromatic rings. The second kappa shape index (κ2) is 8.78. The van der Waals surface area contributed by atoms with E-state index in [1.165, 1.54) is 19.2 Å². The first kappa shape index (κ1) is 20.4. The Labute approximate surface area is 170 Å². The van der Waals surface area contributed by atoms with E-state index in [1.807, 2.05) is 0 Å². The first-order chi connectivity index (χ1) is 13.4. The third-order valence-corrected chi connectivity index (χ3v) is 6.48. The number of hydrogen-bond acceptors (Lipinski definition) is 6. The third kappa shape index (κ3) is 4.55. The summed E-state index contributed by atoms with van der Waals surface area (Å²) < 4.78 is 33.2. The highest BCUT2D eigenvalue weighted by molar-refractivity contribution is 7.89. The van der Waals surface area contributed by atoms with Gasteiger partial charge < -0.3 is 9.64 Å². The van der Waals surface area contributed by atoms with E-state index < -0.39 is 10.0 Å². The molecule has 7 nitrogen and oxygen atoms in total. The maximum absolute atomic E-state index is 12.7. The number of halogens is 1. The molecule has 0 atom stereocenters. The van der Waals surface area contributed by atoms with Gasteiger partial charge in [0.05, 0.1) is 12.7 Å². The second-order valence-corrected chi connectivity index (χ2v) is 8.74. The van der Waals surface area contributed by atoms with Gasteiger partial charge in [-0.25, -0.2) is 18.1 Å². The summed E-state index contributed by atoms with van der Waals surface area (Å²) in [6, 6.07) is 10.2. The minimum absolute atomic E-state index is 0.0343. The molecular weight excluding hydrogens is 400 g/mol. The van der Waals surface area contributed by atoms with E-state index in [-0.39, 0.29) is 16.6 Å². The van der Waals surface area contributed by atoms with Crippen molar-refractivity contribution in [1.82, 2.24) is 9.71 Å². The van der Waals surface area contributed by atoms with E-state index in [9.17, 15) is 13.7 Å². The molecular formula is C19H21ClN4O3S. The number of anilines is 1. The quantitative estimate of drug-likeness (QED) is 0.772. The van der Waals surface area contributed by atoms with Crippen LogP contribution in [0.15, 0.2) is 41.4 Å². The summed E-state index contributed by atoms with van der Waals surface area (Å²) in [5.41, 5.74) is 0.551. The average Bonchev–Trinajstić information content (AvgIpc) is 2.72.